The third-order valence-electron chi connectivity index (χ3n) is 3.69. The van der Waals surface area contributed by atoms with Crippen molar-refractivity contribution in [3.63, 3.8) is 0 Å². The molecule has 1 aliphatic heterocycles. The molecule has 1 aliphatic rings. The highest BCUT2D eigenvalue weighted by atomic mass is 16.5. The predicted molar refractivity (Wildman–Crippen MR) is 77.8 cm³/mol. The summed E-state index contributed by atoms with van der Waals surface area (Å²) >= 11 is 0. The fraction of sp³-hybridized carbons (Fsp3) is 0.714. The summed E-state index contributed by atoms with van der Waals surface area (Å²) in [5.74, 6) is 1.99. The molecule has 2 rings (SSSR count). The van der Waals surface area contributed by atoms with Gasteiger partial charge in [-0.1, -0.05) is 6.92 Å². The summed E-state index contributed by atoms with van der Waals surface area (Å²) in [5.41, 5.74) is 0. The summed E-state index contributed by atoms with van der Waals surface area (Å²) < 4.78 is 5.41. The van der Waals surface area contributed by atoms with Crippen LogP contribution in [0, 0.1) is 0 Å². The van der Waals surface area contributed by atoms with Crippen molar-refractivity contribution in [1.82, 2.24) is 9.97 Å². The molecule has 1 saturated heterocycles. The highest BCUT2D eigenvalue weighted by Gasteiger charge is 2.20. The van der Waals surface area contributed by atoms with Gasteiger partial charge < -0.3 is 14.5 Å². The summed E-state index contributed by atoms with van der Waals surface area (Å²) in [6, 6.07) is 2.60. The maximum Gasteiger partial charge on any atom is 0.134 e. The molecule has 2 heterocycles. The van der Waals surface area contributed by atoms with E-state index < -0.39 is 0 Å². The van der Waals surface area contributed by atoms with Gasteiger partial charge in [0.25, 0.3) is 0 Å². The number of nitrogens with zero attached hydrogens (tertiary/aromatic N) is 4. The number of rotatable bonds is 5. The second kappa shape index (κ2) is 6.70. The summed E-state index contributed by atoms with van der Waals surface area (Å²) in [5, 5.41) is 0. The van der Waals surface area contributed by atoms with Gasteiger partial charge in [0.2, 0.25) is 0 Å². The highest BCUT2D eigenvalue weighted by molar-refractivity contribution is 5.49. The van der Waals surface area contributed by atoms with Gasteiger partial charge in [-0.25, -0.2) is 9.97 Å². The van der Waals surface area contributed by atoms with Crippen LogP contribution in [0.4, 0.5) is 11.6 Å². The molecule has 0 unspecified atom stereocenters. The number of hydrogen-bond donors (Lipinski definition) is 0. The molecule has 19 heavy (non-hydrogen) atoms. The first-order valence-electron chi connectivity index (χ1n) is 7.06. The molecular weight excluding hydrogens is 240 g/mol. The number of aromatic nitrogens is 2. The van der Waals surface area contributed by atoms with Crippen molar-refractivity contribution in [2.75, 3.05) is 43.7 Å². The Kier molecular flexibility index (Phi) is 4.96. The van der Waals surface area contributed by atoms with Crippen LogP contribution in [0.25, 0.3) is 0 Å². The molecule has 0 aromatic carbocycles. The van der Waals surface area contributed by atoms with E-state index in [-0.39, 0.29) is 0 Å². The minimum Gasteiger partial charge on any atom is -0.381 e. The lowest BCUT2D eigenvalue weighted by Gasteiger charge is -2.32. The van der Waals surface area contributed by atoms with Crippen molar-refractivity contribution in [2.24, 2.45) is 0 Å². The van der Waals surface area contributed by atoms with Gasteiger partial charge in [-0.3, -0.25) is 0 Å². The maximum atomic E-state index is 5.41. The molecule has 0 N–H and O–H groups in total. The van der Waals surface area contributed by atoms with Crippen LogP contribution >= 0.6 is 0 Å². The molecule has 1 aromatic rings. The van der Waals surface area contributed by atoms with Crippen LogP contribution in [0.2, 0.25) is 0 Å². The quantitative estimate of drug-likeness (QED) is 0.813. The van der Waals surface area contributed by atoms with Crippen LogP contribution in [0.3, 0.4) is 0 Å². The van der Waals surface area contributed by atoms with Gasteiger partial charge in [-0.2, -0.15) is 0 Å². The average Bonchev–Trinajstić information content (AvgIpc) is 2.48. The van der Waals surface area contributed by atoms with E-state index in [1.807, 2.05) is 0 Å². The van der Waals surface area contributed by atoms with Gasteiger partial charge in [-0.05, 0) is 19.3 Å². The Balaban J connectivity index is 2.08. The largest absolute Gasteiger partial charge is 0.381 e. The summed E-state index contributed by atoms with van der Waals surface area (Å²) in [6.45, 7) is 4.88. The normalized spacial score (nSPS) is 16.4. The molecule has 106 valence electrons. The van der Waals surface area contributed by atoms with Crippen molar-refractivity contribution < 1.29 is 4.74 Å². The van der Waals surface area contributed by atoms with Crippen molar-refractivity contribution in [3.05, 3.63) is 12.4 Å². The minimum absolute atomic E-state index is 0.521. The highest BCUT2D eigenvalue weighted by Crippen LogP contribution is 2.21. The Labute approximate surface area is 115 Å². The van der Waals surface area contributed by atoms with Crippen LogP contribution in [0.1, 0.15) is 26.2 Å². The third kappa shape index (κ3) is 3.56. The molecule has 1 aromatic heterocycles. The van der Waals surface area contributed by atoms with Gasteiger partial charge in [0, 0.05) is 46.0 Å². The van der Waals surface area contributed by atoms with Gasteiger partial charge in [0.05, 0.1) is 0 Å². The minimum atomic E-state index is 0.521. The van der Waals surface area contributed by atoms with Crippen molar-refractivity contribution in [3.8, 4) is 0 Å². The van der Waals surface area contributed by atoms with Crippen molar-refractivity contribution >= 4 is 11.6 Å². The fourth-order valence-electron chi connectivity index (χ4n) is 2.45. The van der Waals surface area contributed by atoms with E-state index in [0.29, 0.717) is 6.04 Å². The lowest BCUT2D eigenvalue weighted by atomic mass is 10.1. The lowest BCUT2D eigenvalue weighted by molar-refractivity contribution is 0.0853. The molecule has 0 amide bonds. The van der Waals surface area contributed by atoms with E-state index in [4.69, 9.17) is 4.74 Å². The molecule has 0 bridgehead atoms. The monoisotopic (exact) mass is 264 g/mol. The Morgan fingerprint density at radius 3 is 2.58 bits per heavy atom. The first-order chi connectivity index (χ1) is 9.22. The Morgan fingerprint density at radius 1 is 1.21 bits per heavy atom. The van der Waals surface area contributed by atoms with Crippen LogP contribution in [0.15, 0.2) is 12.4 Å². The molecule has 5 nitrogen and oxygen atoms in total. The summed E-state index contributed by atoms with van der Waals surface area (Å²) in [7, 11) is 4.19. The summed E-state index contributed by atoms with van der Waals surface area (Å²) in [6.07, 6.45) is 4.92. The topological polar surface area (TPSA) is 41.5 Å². The molecular formula is C14H24N4O. The standard InChI is InChI=1S/C14H24N4O/c1-4-7-17(2)13-10-14(16-11-15-13)18(3)12-5-8-19-9-6-12/h10-12H,4-9H2,1-3H3. The van der Waals surface area contributed by atoms with Crippen LogP contribution in [0.5, 0.6) is 0 Å². The predicted octanol–water partition coefficient (Wildman–Crippen LogP) is 1.94. The lowest BCUT2D eigenvalue weighted by Crippen LogP contribution is -2.37. The van der Waals surface area contributed by atoms with Gasteiger partial charge in [0.15, 0.2) is 0 Å². The van der Waals surface area contributed by atoms with Gasteiger partial charge >= 0.3 is 0 Å². The van der Waals surface area contributed by atoms with Gasteiger partial charge in [0.1, 0.15) is 18.0 Å². The molecule has 0 saturated carbocycles. The average molecular weight is 264 g/mol. The zero-order chi connectivity index (χ0) is 13.7. The second-order valence-electron chi connectivity index (χ2n) is 5.11. The maximum absolute atomic E-state index is 5.41. The smallest absolute Gasteiger partial charge is 0.134 e. The molecule has 5 heteroatoms. The van der Waals surface area contributed by atoms with Crippen LogP contribution < -0.4 is 9.80 Å². The zero-order valence-electron chi connectivity index (χ0n) is 12.2. The van der Waals surface area contributed by atoms with E-state index in [1.54, 1.807) is 6.33 Å². The zero-order valence-corrected chi connectivity index (χ0v) is 12.2. The molecule has 0 atom stereocenters. The van der Waals surface area contributed by atoms with Crippen LogP contribution in [-0.4, -0.2) is 49.9 Å². The van der Waals surface area contributed by atoms with E-state index in [1.165, 1.54) is 0 Å². The fourth-order valence-corrected chi connectivity index (χ4v) is 2.45. The number of hydrogen-bond acceptors (Lipinski definition) is 5. The number of ether oxygens (including phenoxy) is 1. The second-order valence-corrected chi connectivity index (χ2v) is 5.11. The Morgan fingerprint density at radius 2 is 1.89 bits per heavy atom. The first-order valence-corrected chi connectivity index (χ1v) is 7.06. The van der Waals surface area contributed by atoms with E-state index in [2.05, 4.69) is 46.9 Å². The molecule has 1 fully saturated rings. The van der Waals surface area contributed by atoms with Crippen molar-refractivity contribution in [1.29, 1.82) is 0 Å². The first kappa shape index (κ1) is 14.1. The number of anilines is 2. The SMILES string of the molecule is CCCN(C)c1cc(N(C)C2CCOCC2)ncn1. The van der Waals surface area contributed by atoms with Gasteiger partial charge in [-0.15, -0.1) is 0 Å². The van der Waals surface area contributed by atoms with Crippen LogP contribution in [-0.2, 0) is 4.74 Å². The Hall–Kier alpha value is -1.36. The Bertz CT molecular complexity index is 393. The van der Waals surface area contributed by atoms with E-state index in [9.17, 15) is 0 Å². The third-order valence-corrected chi connectivity index (χ3v) is 3.69. The summed E-state index contributed by atoms with van der Waals surface area (Å²) in [4.78, 5) is 13.2. The van der Waals surface area contributed by atoms with E-state index in [0.717, 1.165) is 50.7 Å². The molecule has 0 radical (unpaired) electrons. The van der Waals surface area contributed by atoms with Crippen molar-refractivity contribution in [2.45, 2.75) is 32.2 Å². The molecule has 0 aliphatic carbocycles. The van der Waals surface area contributed by atoms with E-state index >= 15 is 0 Å². The molecule has 0 spiro atoms.